The first-order valence-corrected chi connectivity index (χ1v) is 7.75. The highest BCUT2D eigenvalue weighted by Crippen LogP contribution is 2.37. The van der Waals surface area contributed by atoms with Gasteiger partial charge in [0.2, 0.25) is 0 Å². The quantitative estimate of drug-likeness (QED) is 0.867. The molecule has 0 unspecified atom stereocenters. The van der Waals surface area contributed by atoms with Gasteiger partial charge in [0.25, 0.3) is 0 Å². The summed E-state index contributed by atoms with van der Waals surface area (Å²) in [7, 11) is 0. The van der Waals surface area contributed by atoms with Gasteiger partial charge in [-0.2, -0.15) is 0 Å². The second-order valence-electron chi connectivity index (χ2n) is 6.11. The van der Waals surface area contributed by atoms with Gasteiger partial charge >= 0.3 is 0 Å². The predicted molar refractivity (Wildman–Crippen MR) is 79.6 cm³/mol. The lowest BCUT2D eigenvalue weighted by Crippen LogP contribution is -2.37. The van der Waals surface area contributed by atoms with Crippen LogP contribution in [0, 0.1) is 11.8 Å². The van der Waals surface area contributed by atoms with Crippen molar-refractivity contribution in [3.05, 3.63) is 34.3 Å². The fraction of sp³-hybridized carbons (Fsp3) is 0.625. The molecule has 1 N–H and O–H groups in total. The highest BCUT2D eigenvalue weighted by Gasteiger charge is 2.34. The van der Waals surface area contributed by atoms with E-state index in [0.29, 0.717) is 0 Å². The largest absolute Gasteiger partial charge is 0.390 e. The molecule has 0 aliphatic heterocycles. The number of hydrogen-bond donors (Lipinski definition) is 1. The number of benzene rings is 1. The maximum absolute atomic E-state index is 10.7. The monoisotopic (exact) mass is 310 g/mol. The molecular weight excluding hydrogens is 288 g/mol. The van der Waals surface area contributed by atoms with Crippen molar-refractivity contribution in [3.63, 3.8) is 0 Å². The molecule has 0 atom stereocenters. The van der Waals surface area contributed by atoms with Gasteiger partial charge in [-0.1, -0.05) is 41.9 Å². The molecule has 1 aromatic carbocycles. The summed E-state index contributed by atoms with van der Waals surface area (Å²) >= 11 is 3.45. The van der Waals surface area contributed by atoms with Crippen molar-refractivity contribution in [3.8, 4) is 0 Å². The second-order valence-corrected chi connectivity index (χ2v) is 7.02. The van der Waals surface area contributed by atoms with Crippen molar-refractivity contribution >= 4 is 15.9 Å². The Morgan fingerprint density at radius 3 is 2.28 bits per heavy atom. The van der Waals surface area contributed by atoms with E-state index in [2.05, 4.69) is 54.0 Å². The van der Waals surface area contributed by atoms with E-state index in [4.69, 9.17) is 0 Å². The number of rotatable bonds is 3. The van der Waals surface area contributed by atoms with Crippen LogP contribution in [-0.2, 0) is 6.42 Å². The molecule has 1 aliphatic rings. The fourth-order valence-corrected chi connectivity index (χ4v) is 3.27. The predicted octanol–water partition coefficient (Wildman–Crippen LogP) is 4.57. The van der Waals surface area contributed by atoms with Crippen LogP contribution in [0.15, 0.2) is 28.7 Å². The minimum Gasteiger partial charge on any atom is -0.390 e. The topological polar surface area (TPSA) is 20.2 Å². The summed E-state index contributed by atoms with van der Waals surface area (Å²) < 4.78 is 1.10. The Morgan fingerprint density at radius 1 is 1.22 bits per heavy atom. The summed E-state index contributed by atoms with van der Waals surface area (Å²) in [5.41, 5.74) is 0.767. The van der Waals surface area contributed by atoms with Gasteiger partial charge in [-0.15, -0.1) is 0 Å². The number of aliphatic hydroxyl groups is 1. The molecule has 2 heteroatoms. The molecule has 0 bridgehead atoms. The van der Waals surface area contributed by atoms with Gasteiger partial charge in [-0.05, 0) is 55.2 Å². The lowest BCUT2D eigenvalue weighted by Gasteiger charge is -2.37. The maximum atomic E-state index is 10.7. The minimum absolute atomic E-state index is 0.473. The lowest BCUT2D eigenvalue weighted by molar-refractivity contribution is -0.0146. The van der Waals surface area contributed by atoms with Gasteiger partial charge in [0.15, 0.2) is 0 Å². The Kier molecular flexibility index (Phi) is 4.50. The third-order valence-corrected chi connectivity index (χ3v) is 4.88. The van der Waals surface area contributed by atoms with Gasteiger partial charge in [-0.25, -0.2) is 0 Å². The molecule has 0 heterocycles. The minimum atomic E-state index is -0.473. The molecule has 0 radical (unpaired) electrons. The molecule has 18 heavy (non-hydrogen) atoms. The first-order valence-electron chi connectivity index (χ1n) is 6.95. The van der Waals surface area contributed by atoms with Crippen molar-refractivity contribution in [1.82, 2.24) is 0 Å². The average Bonchev–Trinajstić information content (AvgIpc) is 2.32. The molecule has 0 aromatic heterocycles. The summed E-state index contributed by atoms with van der Waals surface area (Å²) in [4.78, 5) is 0. The van der Waals surface area contributed by atoms with Gasteiger partial charge < -0.3 is 5.11 Å². The molecular formula is C16H23BrO. The Morgan fingerprint density at radius 2 is 1.78 bits per heavy atom. The molecule has 1 fully saturated rings. The van der Waals surface area contributed by atoms with Gasteiger partial charge in [0.05, 0.1) is 5.60 Å². The summed E-state index contributed by atoms with van der Waals surface area (Å²) in [6, 6.07) is 8.32. The molecule has 0 spiro atoms. The Bertz CT molecular complexity index is 375. The standard InChI is InChI=1S/C16H23BrO/c1-12(2)14-7-9-16(18,10-8-14)11-13-3-5-15(17)6-4-13/h3-6,12,14,18H,7-11H2,1-2H3. The van der Waals surface area contributed by atoms with Crippen LogP contribution in [0.1, 0.15) is 45.1 Å². The van der Waals surface area contributed by atoms with E-state index in [1.807, 2.05) is 0 Å². The van der Waals surface area contributed by atoms with Crippen LogP contribution < -0.4 is 0 Å². The van der Waals surface area contributed by atoms with Crippen LogP contribution >= 0.6 is 15.9 Å². The third kappa shape index (κ3) is 3.58. The number of hydrogen-bond acceptors (Lipinski definition) is 1. The smallest absolute Gasteiger partial charge is 0.0688 e. The normalized spacial score (nSPS) is 28.6. The first kappa shape index (κ1) is 14.1. The van der Waals surface area contributed by atoms with E-state index in [0.717, 1.165) is 35.6 Å². The van der Waals surface area contributed by atoms with Gasteiger partial charge in [0.1, 0.15) is 0 Å². The highest BCUT2D eigenvalue weighted by atomic mass is 79.9. The molecule has 0 saturated heterocycles. The summed E-state index contributed by atoms with van der Waals surface area (Å²) in [5.74, 6) is 1.55. The van der Waals surface area contributed by atoms with Crippen LogP contribution in [-0.4, -0.2) is 10.7 Å². The zero-order chi connectivity index (χ0) is 13.2. The maximum Gasteiger partial charge on any atom is 0.0688 e. The third-order valence-electron chi connectivity index (χ3n) is 4.35. The van der Waals surface area contributed by atoms with E-state index in [1.54, 1.807) is 0 Å². The SMILES string of the molecule is CC(C)C1CCC(O)(Cc2ccc(Br)cc2)CC1. The van der Waals surface area contributed by atoms with Crippen molar-refractivity contribution in [2.24, 2.45) is 11.8 Å². The molecule has 0 amide bonds. The summed E-state index contributed by atoms with van der Waals surface area (Å²) in [6.45, 7) is 4.59. The molecule has 1 saturated carbocycles. The van der Waals surface area contributed by atoms with Crippen molar-refractivity contribution in [1.29, 1.82) is 0 Å². The molecule has 1 aliphatic carbocycles. The van der Waals surface area contributed by atoms with E-state index >= 15 is 0 Å². The van der Waals surface area contributed by atoms with Crippen LogP contribution in [0.25, 0.3) is 0 Å². The van der Waals surface area contributed by atoms with E-state index in [1.165, 1.54) is 18.4 Å². The van der Waals surface area contributed by atoms with E-state index in [9.17, 15) is 5.11 Å². The fourth-order valence-electron chi connectivity index (χ4n) is 3.00. The zero-order valence-corrected chi connectivity index (χ0v) is 12.9. The van der Waals surface area contributed by atoms with E-state index < -0.39 is 5.60 Å². The summed E-state index contributed by atoms with van der Waals surface area (Å²) in [6.07, 6.45) is 5.04. The van der Waals surface area contributed by atoms with Gasteiger partial charge in [0, 0.05) is 10.9 Å². The van der Waals surface area contributed by atoms with Crippen molar-refractivity contribution in [2.45, 2.75) is 51.6 Å². The van der Waals surface area contributed by atoms with Crippen LogP contribution in [0.3, 0.4) is 0 Å². The van der Waals surface area contributed by atoms with Gasteiger partial charge in [-0.3, -0.25) is 0 Å². The Balaban J connectivity index is 1.95. The Labute approximate surface area is 119 Å². The zero-order valence-electron chi connectivity index (χ0n) is 11.3. The van der Waals surface area contributed by atoms with Crippen LogP contribution in [0.5, 0.6) is 0 Å². The summed E-state index contributed by atoms with van der Waals surface area (Å²) in [5, 5.41) is 10.7. The van der Waals surface area contributed by atoms with Crippen molar-refractivity contribution in [2.75, 3.05) is 0 Å². The second kappa shape index (κ2) is 5.75. The molecule has 1 nitrogen and oxygen atoms in total. The lowest BCUT2D eigenvalue weighted by atomic mass is 9.72. The molecule has 1 aromatic rings. The average molecular weight is 311 g/mol. The Hall–Kier alpha value is -0.340. The van der Waals surface area contributed by atoms with Crippen LogP contribution in [0.2, 0.25) is 0 Å². The highest BCUT2D eigenvalue weighted by molar-refractivity contribution is 9.10. The molecule has 2 rings (SSSR count). The van der Waals surface area contributed by atoms with Crippen LogP contribution in [0.4, 0.5) is 0 Å². The van der Waals surface area contributed by atoms with Crippen molar-refractivity contribution < 1.29 is 5.11 Å². The van der Waals surface area contributed by atoms with E-state index in [-0.39, 0.29) is 0 Å². The number of halogens is 1. The molecule has 100 valence electrons. The first-order chi connectivity index (χ1) is 8.48.